The minimum atomic E-state index is -5.46. The van der Waals surface area contributed by atoms with Crippen LogP contribution in [0.4, 0.5) is 43.9 Å². The minimum Gasteiger partial charge on any atom is -0.206 e. The maximum Gasteiger partial charge on any atom is 0.422 e. The molecule has 206 valence electrons. The lowest BCUT2D eigenvalue weighted by Crippen LogP contribution is -2.11. The van der Waals surface area contributed by atoms with Gasteiger partial charge in [0.2, 0.25) is 0 Å². The molecule has 39 heavy (non-hydrogen) atoms. The van der Waals surface area contributed by atoms with Crippen molar-refractivity contribution in [3.8, 4) is 11.8 Å². The Kier molecular flexibility index (Phi) is 9.15. The lowest BCUT2D eigenvalue weighted by molar-refractivity contribution is -0.142. The number of hydrogen-bond donors (Lipinski definition) is 0. The van der Waals surface area contributed by atoms with Crippen LogP contribution < -0.4 is 0 Å². The summed E-state index contributed by atoms with van der Waals surface area (Å²) in [6.45, 7) is 3.76. The molecule has 0 spiro atoms. The van der Waals surface area contributed by atoms with E-state index in [0.717, 1.165) is 18.4 Å². The van der Waals surface area contributed by atoms with Crippen LogP contribution in [-0.4, -0.2) is 0 Å². The maximum atomic E-state index is 14.7. The zero-order valence-electron chi connectivity index (χ0n) is 20.6. The van der Waals surface area contributed by atoms with Crippen LogP contribution in [0.1, 0.15) is 65.6 Å². The predicted octanol–water partition coefficient (Wildman–Crippen LogP) is 9.47. The summed E-state index contributed by atoms with van der Waals surface area (Å²) in [6, 6.07) is 3.87. The zero-order valence-corrected chi connectivity index (χ0v) is 20.6. The summed E-state index contributed by atoms with van der Waals surface area (Å²) in [7, 11) is 0. The molecule has 3 rings (SSSR count). The van der Waals surface area contributed by atoms with Gasteiger partial charge in [-0.15, -0.1) is 0 Å². The first kappa shape index (κ1) is 29.8. The van der Waals surface area contributed by atoms with Crippen LogP contribution in [0, 0.1) is 40.9 Å². The van der Waals surface area contributed by atoms with Gasteiger partial charge in [-0.25, -0.2) is 30.7 Å². The smallest absolute Gasteiger partial charge is 0.206 e. The monoisotopic (exact) mass is 558 g/mol. The third-order valence-electron chi connectivity index (χ3n) is 5.80. The van der Waals surface area contributed by atoms with Gasteiger partial charge in [0.05, 0.1) is 11.1 Å². The average Bonchev–Trinajstić information content (AvgIpc) is 2.84. The number of alkyl halides is 3. The molecule has 0 aliphatic heterocycles. The Morgan fingerprint density at radius 1 is 0.718 bits per heavy atom. The molecule has 0 saturated heterocycles. The van der Waals surface area contributed by atoms with Crippen LogP contribution in [0.2, 0.25) is 0 Å². The fourth-order valence-electron chi connectivity index (χ4n) is 3.87. The molecule has 0 heterocycles. The molecular weight excluding hydrogens is 538 g/mol. The van der Waals surface area contributed by atoms with Crippen molar-refractivity contribution in [1.29, 1.82) is 0 Å². The largest absolute Gasteiger partial charge is 0.422 e. The van der Waals surface area contributed by atoms with Crippen molar-refractivity contribution in [3.05, 3.63) is 104 Å². The summed E-state index contributed by atoms with van der Waals surface area (Å²) in [5, 5.41) is 0. The highest BCUT2D eigenvalue weighted by Crippen LogP contribution is 2.37. The molecule has 0 aliphatic carbocycles. The van der Waals surface area contributed by atoms with Crippen molar-refractivity contribution >= 4 is 11.7 Å². The SMILES string of the molecule is CCCCc1cc(F)c(C#Cc2cc(F)c(/C(F)=C(\F)c3cc(F)c(C(F)(F)F)c(F)c3)c(F)c2)c(CC)c1. The number of aryl methyl sites for hydroxylation is 2. The zero-order chi connectivity index (χ0) is 29.1. The van der Waals surface area contributed by atoms with Gasteiger partial charge in [-0.3, -0.25) is 0 Å². The van der Waals surface area contributed by atoms with Gasteiger partial charge in [-0.2, -0.15) is 13.2 Å². The highest BCUT2D eigenvalue weighted by Gasteiger charge is 2.38. The molecular formula is C29H20F10. The molecule has 0 atom stereocenters. The number of rotatable bonds is 6. The molecule has 0 aromatic heterocycles. The molecule has 0 amide bonds. The minimum absolute atomic E-state index is 0.00567. The molecule has 0 N–H and O–H groups in total. The Balaban J connectivity index is 2.01. The van der Waals surface area contributed by atoms with Gasteiger partial charge in [0.15, 0.2) is 11.7 Å². The van der Waals surface area contributed by atoms with Crippen LogP contribution in [0.25, 0.3) is 11.7 Å². The Morgan fingerprint density at radius 3 is 1.82 bits per heavy atom. The molecule has 3 aromatic rings. The Hall–Kier alpha value is -3.74. The van der Waals surface area contributed by atoms with Gasteiger partial charge in [0.25, 0.3) is 0 Å². The summed E-state index contributed by atoms with van der Waals surface area (Å²) >= 11 is 0. The van der Waals surface area contributed by atoms with Crippen molar-refractivity contribution in [1.82, 2.24) is 0 Å². The van der Waals surface area contributed by atoms with Gasteiger partial charge < -0.3 is 0 Å². The van der Waals surface area contributed by atoms with E-state index in [1.54, 1.807) is 13.0 Å². The number of hydrogen-bond acceptors (Lipinski definition) is 0. The Labute approximate surface area is 218 Å². The molecule has 10 heteroatoms. The van der Waals surface area contributed by atoms with E-state index in [-0.39, 0.29) is 23.3 Å². The summed E-state index contributed by atoms with van der Waals surface area (Å²) < 4.78 is 139. The molecule has 0 nitrogen and oxygen atoms in total. The Bertz CT molecular complexity index is 1440. The number of unbranched alkanes of at least 4 members (excludes halogenated alkanes) is 1. The predicted molar refractivity (Wildman–Crippen MR) is 127 cm³/mol. The van der Waals surface area contributed by atoms with Gasteiger partial charge in [-0.05, 0) is 60.7 Å². The van der Waals surface area contributed by atoms with Crippen LogP contribution in [0.15, 0.2) is 36.4 Å². The second-order valence-electron chi connectivity index (χ2n) is 8.57. The fraction of sp³-hybridized carbons (Fsp3) is 0.241. The molecule has 3 aromatic carbocycles. The van der Waals surface area contributed by atoms with Crippen LogP contribution in [-0.2, 0) is 19.0 Å². The van der Waals surface area contributed by atoms with E-state index in [0.29, 0.717) is 30.5 Å². The van der Waals surface area contributed by atoms with E-state index in [1.807, 2.05) is 6.92 Å². The summed E-state index contributed by atoms with van der Waals surface area (Å²) in [5.74, 6) is -8.01. The van der Waals surface area contributed by atoms with E-state index >= 15 is 0 Å². The lowest BCUT2D eigenvalue weighted by atomic mass is 9.98. The molecule has 0 unspecified atom stereocenters. The van der Waals surface area contributed by atoms with Crippen LogP contribution in [0.5, 0.6) is 0 Å². The standard InChI is InChI=1S/C29H20F10/c1-3-5-6-15-9-17(4-2)19(20(30)10-15)8-7-16-11-21(31)25(22(32)12-16)28(36)27(35)18-13-23(33)26(24(34)14-18)29(37,38)39/h9-14H,3-6H2,1-2H3/b28-27+. The van der Waals surface area contributed by atoms with E-state index in [2.05, 4.69) is 11.8 Å². The third kappa shape index (κ3) is 6.64. The fourth-order valence-corrected chi connectivity index (χ4v) is 3.87. The van der Waals surface area contributed by atoms with Crippen molar-refractivity contribution in [3.63, 3.8) is 0 Å². The quantitative estimate of drug-likeness (QED) is 0.161. The number of halogens is 10. The maximum absolute atomic E-state index is 14.7. The molecule has 0 saturated carbocycles. The second kappa shape index (κ2) is 12.0. The van der Waals surface area contributed by atoms with Crippen molar-refractivity contribution in [2.75, 3.05) is 0 Å². The van der Waals surface area contributed by atoms with Crippen LogP contribution >= 0.6 is 0 Å². The van der Waals surface area contributed by atoms with Gasteiger partial charge in [0, 0.05) is 11.1 Å². The second-order valence-corrected chi connectivity index (χ2v) is 8.57. The third-order valence-corrected chi connectivity index (χ3v) is 5.80. The summed E-state index contributed by atoms with van der Waals surface area (Å²) in [4.78, 5) is 0. The first-order chi connectivity index (χ1) is 18.3. The average molecular weight is 558 g/mol. The van der Waals surface area contributed by atoms with E-state index in [4.69, 9.17) is 0 Å². The topological polar surface area (TPSA) is 0 Å². The summed E-state index contributed by atoms with van der Waals surface area (Å²) in [5.41, 5.74) is -4.26. The highest BCUT2D eigenvalue weighted by atomic mass is 19.4. The van der Waals surface area contributed by atoms with Gasteiger partial charge in [0.1, 0.15) is 34.6 Å². The first-order valence-electron chi connectivity index (χ1n) is 11.7. The van der Waals surface area contributed by atoms with Crippen LogP contribution in [0.3, 0.4) is 0 Å². The van der Waals surface area contributed by atoms with E-state index in [1.165, 1.54) is 6.07 Å². The molecule has 0 radical (unpaired) electrons. The van der Waals surface area contributed by atoms with Gasteiger partial charge in [-0.1, -0.05) is 38.2 Å². The van der Waals surface area contributed by atoms with E-state index in [9.17, 15) is 43.9 Å². The first-order valence-corrected chi connectivity index (χ1v) is 11.7. The van der Waals surface area contributed by atoms with Crippen molar-refractivity contribution in [2.45, 2.75) is 45.7 Å². The molecule has 0 fully saturated rings. The van der Waals surface area contributed by atoms with Crippen molar-refractivity contribution in [2.24, 2.45) is 0 Å². The lowest BCUT2D eigenvalue weighted by Gasteiger charge is -2.11. The van der Waals surface area contributed by atoms with E-state index < -0.39 is 63.6 Å². The normalized spacial score (nSPS) is 12.2. The number of benzene rings is 3. The highest BCUT2D eigenvalue weighted by molar-refractivity contribution is 5.83. The Morgan fingerprint density at radius 2 is 1.31 bits per heavy atom. The van der Waals surface area contributed by atoms with Gasteiger partial charge >= 0.3 is 6.18 Å². The van der Waals surface area contributed by atoms with Crippen molar-refractivity contribution < 1.29 is 43.9 Å². The molecule has 0 aliphatic rings. The summed E-state index contributed by atoms with van der Waals surface area (Å²) in [6.07, 6.45) is -2.61. The molecule has 0 bridgehead atoms.